The fourth-order valence-corrected chi connectivity index (χ4v) is 1.49. The van der Waals surface area contributed by atoms with Gasteiger partial charge >= 0.3 is 0 Å². The van der Waals surface area contributed by atoms with Crippen LogP contribution in [0.2, 0.25) is 0 Å². The molecule has 0 radical (unpaired) electrons. The zero-order chi connectivity index (χ0) is 9.26. The monoisotopic (exact) mass is 240 g/mol. The molecule has 0 unspecified atom stereocenters. The molecule has 2 aromatic rings. The summed E-state index contributed by atoms with van der Waals surface area (Å²) >= 11 is 3.45. The molecule has 2 rings (SSSR count). The Labute approximate surface area is 84.5 Å². The van der Waals surface area contributed by atoms with Gasteiger partial charge < -0.3 is 8.98 Å². The SMILES string of the molecule is Cn1cnc(Cc2ccco2)c1Br. The minimum atomic E-state index is 0.731. The van der Waals surface area contributed by atoms with Crippen LogP contribution in [-0.2, 0) is 13.5 Å². The smallest absolute Gasteiger partial charge is 0.109 e. The lowest BCUT2D eigenvalue weighted by Crippen LogP contribution is -1.89. The second-order valence-corrected chi connectivity index (χ2v) is 3.60. The molecule has 68 valence electrons. The summed E-state index contributed by atoms with van der Waals surface area (Å²) in [4.78, 5) is 4.25. The molecule has 3 nitrogen and oxygen atoms in total. The zero-order valence-electron chi connectivity index (χ0n) is 7.20. The van der Waals surface area contributed by atoms with E-state index in [1.165, 1.54) is 0 Å². The third-order valence-corrected chi connectivity index (χ3v) is 2.87. The summed E-state index contributed by atoms with van der Waals surface area (Å²) in [6, 6.07) is 3.83. The molecule has 0 saturated heterocycles. The Morgan fingerprint density at radius 2 is 2.46 bits per heavy atom. The molecule has 0 aliphatic heterocycles. The van der Waals surface area contributed by atoms with Crippen molar-refractivity contribution in [1.29, 1.82) is 0 Å². The largest absolute Gasteiger partial charge is 0.469 e. The number of hydrogen-bond donors (Lipinski definition) is 0. The van der Waals surface area contributed by atoms with Crippen molar-refractivity contribution in [2.24, 2.45) is 7.05 Å². The number of rotatable bonds is 2. The molecule has 0 atom stereocenters. The summed E-state index contributed by atoms with van der Waals surface area (Å²) in [5.74, 6) is 0.930. The molecule has 2 heterocycles. The van der Waals surface area contributed by atoms with Crippen LogP contribution < -0.4 is 0 Å². The Morgan fingerprint density at radius 1 is 1.62 bits per heavy atom. The Hall–Kier alpha value is -1.03. The Morgan fingerprint density at radius 3 is 3.00 bits per heavy atom. The molecule has 0 saturated carbocycles. The van der Waals surface area contributed by atoms with Crippen LogP contribution in [0.3, 0.4) is 0 Å². The highest BCUT2D eigenvalue weighted by Crippen LogP contribution is 2.17. The van der Waals surface area contributed by atoms with E-state index in [4.69, 9.17) is 4.42 Å². The lowest BCUT2D eigenvalue weighted by atomic mass is 10.3. The van der Waals surface area contributed by atoms with Crippen molar-refractivity contribution < 1.29 is 4.42 Å². The minimum Gasteiger partial charge on any atom is -0.469 e. The molecule has 0 aliphatic rings. The lowest BCUT2D eigenvalue weighted by Gasteiger charge is -1.95. The van der Waals surface area contributed by atoms with Gasteiger partial charge in [0.05, 0.1) is 24.7 Å². The molecule has 0 N–H and O–H groups in total. The molecular weight excluding hydrogens is 232 g/mol. The highest BCUT2D eigenvalue weighted by molar-refractivity contribution is 9.10. The van der Waals surface area contributed by atoms with Crippen molar-refractivity contribution in [1.82, 2.24) is 9.55 Å². The first kappa shape index (κ1) is 8.56. The van der Waals surface area contributed by atoms with E-state index in [0.717, 1.165) is 22.5 Å². The van der Waals surface area contributed by atoms with Crippen LogP contribution in [0.25, 0.3) is 0 Å². The Balaban J connectivity index is 2.24. The molecule has 0 fully saturated rings. The van der Waals surface area contributed by atoms with Gasteiger partial charge in [0.25, 0.3) is 0 Å². The summed E-state index contributed by atoms with van der Waals surface area (Å²) < 4.78 is 8.16. The van der Waals surface area contributed by atoms with E-state index in [9.17, 15) is 0 Å². The summed E-state index contributed by atoms with van der Waals surface area (Å²) in [7, 11) is 1.95. The third-order valence-electron chi connectivity index (χ3n) is 1.86. The van der Waals surface area contributed by atoms with Gasteiger partial charge in [-0.1, -0.05) is 0 Å². The maximum absolute atomic E-state index is 5.23. The van der Waals surface area contributed by atoms with Gasteiger partial charge in [-0.2, -0.15) is 0 Å². The standard InChI is InChI=1S/C9H9BrN2O/c1-12-6-11-8(9(12)10)5-7-3-2-4-13-7/h2-4,6H,5H2,1H3. The van der Waals surface area contributed by atoms with Crippen LogP contribution in [0.1, 0.15) is 11.5 Å². The fraction of sp³-hybridized carbons (Fsp3) is 0.222. The van der Waals surface area contributed by atoms with E-state index in [2.05, 4.69) is 20.9 Å². The summed E-state index contributed by atoms with van der Waals surface area (Å²) in [6.07, 6.45) is 4.18. The molecule has 0 amide bonds. The van der Waals surface area contributed by atoms with Crippen molar-refractivity contribution >= 4 is 15.9 Å². The predicted molar refractivity (Wildman–Crippen MR) is 52.4 cm³/mol. The summed E-state index contributed by atoms with van der Waals surface area (Å²) in [5.41, 5.74) is 0.998. The van der Waals surface area contributed by atoms with Gasteiger partial charge in [-0.25, -0.2) is 4.98 Å². The number of imidazole rings is 1. The maximum atomic E-state index is 5.23. The normalized spacial score (nSPS) is 10.6. The van der Waals surface area contributed by atoms with Gasteiger partial charge in [0.1, 0.15) is 10.4 Å². The number of aromatic nitrogens is 2. The predicted octanol–water partition coefficient (Wildman–Crippen LogP) is 2.37. The van der Waals surface area contributed by atoms with Crippen LogP contribution in [0.5, 0.6) is 0 Å². The summed E-state index contributed by atoms with van der Waals surface area (Å²) in [6.45, 7) is 0. The number of halogens is 1. The van der Waals surface area contributed by atoms with Gasteiger partial charge in [0.15, 0.2) is 0 Å². The maximum Gasteiger partial charge on any atom is 0.109 e. The van der Waals surface area contributed by atoms with E-state index in [0.29, 0.717) is 0 Å². The highest BCUT2D eigenvalue weighted by atomic mass is 79.9. The third kappa shape index (κ3) is 1.67. The van der Waals surface area contributed by atoms with E-state index in [-0.39, 0.29) is 0 Å². The summed E-state index contributed by atoms with van der Waals surface area (Å²) in [5, 5.41) is 0. The molecule has 0 aliphatic carbocycles. The van der Waals surface area contributed by atoms with Crippen molar-refractivity contribution in [3.8, 4) is 0 Å². The topological polar surface area (TPSA) is 31.0 Å². The second kappa shape index (κ2) is 3.38. The quantitative estimate of drug-likeness (QED) is 0.808. The van der Waals surface area contributed by atoms with Crippen LogP contribution in [0, 0.1) is 0 Å². The molecule has 0 bridgehead atoms. The Bertz CT molecular complexity index is 392. The van der Waals surface area contributed by atoms with E-state index < -0.39 is 0 Å². The number of furan rings is 1. The molecule has 0 spiro atoms. The number of hydrogen-bond acceptors (Lipinski definition) is 2. The van der Waals surface area contributed by atoms with Crippen LogP contribution in [0.4, 0.5) is 0 Å². The number of nitrogens with zero attached hydrogens (tertiary/aromatic N) is 2. The molecule has 13 heavy (non-hydrogen) atoms. The fourth-order valence-electron chi connectivity index (χ4n) is 1.16. The van der Waals surface area contributed by atoms with Gasteiger partial charge in [-0.05, 0) is 28.1 Å². The van der Waals surface area contributed by atoms with Gasteiger partial charge in [-0.15, -0.1) is 0 Å². The van der Waals surface area contributed by atoms with E-state index in [1.54, 1.807) is 12.6 Å². The average molecular weight is 241 g/mol. The van der Waals surface area contributed by atoms with Crippen LogP contribution in [0.15, 0.2) is 33.7 Å². The van der Waals surface area contributed by atoms with Crippen LogP contribution >= 0.6 is 15.9 Å². The van der Waals surface area contributed by atoms with E-state index >= 15 is 0 Å². The van der Waals surface area contributed by atoms with Crippen molar-refractivity contribution in [2.75, 3.05) is 0 Å². The van der Waals surface area contributed by atoms with Crippen molar-refractivity contribution in [3.63, 3.8) is 0 Å². The lowest BCUT2D eigenvalue weighted by molar-refractivity contribution is 0.519. The first-order chi connectivity index (χ1) is 6.27. The molecule has 4 heteroatoms. The van der Waals surface area contributed by atoms with Gasteiger partial charge in [0, 0.05) is 7.05 Å². The van der Waals surface area contributed by atoms with E-state index in [1.807, 2.05) is 23.7 Å². The Kier molecular flexibility index (Phi) is 2.22. The zero-order valence-corrected chi connectivity index (χ0v) is 8.78. The average Bonchev–Trinajstić information content (AvgIpc) is 2.71. The molecule has 2 aromatic heterocycles. The van der Waals surface area contributed by atoms with Gasteiger partial charge in [-0.3, -0.25) is 0 Å². The first-order valence-electron chi connectivity index (χ1n) is 3.95. The first-order valence-corrected chi connectivity index (χ1v) is 4.75. The molecular formula is C9H9BrN2O. The van der Waals surface area contributed by atoms with Crippen LogP contribution in [-0.4, -0.2) is 9.55 Å². The van der Waals surface area contributed by atoms with Crippen molar-refractivity contribution in [2.45, 2.75) is 6.42 Å². The molecule has 0 aromatic carbocycles. The highest BCUT2D eigenvalue weighted by Gasteiger charge is 2.07. The van der Waals surface area contributed by atoms with Gasteiger partial charge in [0.2, 0.25) is 0 Å². The minimum absolute atomic E-state index is 0.731. The second-order valence-electron chi connectivity index (χ2n) is 2.85. The van der Waals surface area contributed by atoms with Crippen molar-refractivity contribution in [3.05, 3.63) is 40.8 Å². The number of aryl methyl sites for hydroxylation is 1.